The number of nitrogens with zero attached hydrogens (tertiary/aromatic N) is 2. The molecule has 1 aliphatic heterocycles. The minimum atomic E-state index is -1.02. The van der Waals surface area contributed by atoms with Crippen molar-refractivity contribution in [1.82, 2.24) is 15.2 Å². The first-order valence-electron chi connectivity index (χ1n) is 10.5. The second-order valence-electron chi connectivity index (χ2n) is 8.42. The maximum atomic E-state index is 12.6. The number of nitrogens with one attached hydrogen (secondary N) is 1. The number of ether oxygens (including phenoxy) is 2. The van der Waals surface area contributed by atoms with Gasteiger partial charge in [-0.25, -0.2) is 4.79 Å². The van der Waals surface area contributed by atoms with E-state index in [0.717, 1.165) is 54.6 Å². The van der Waals surface area contributed by atoms with Crippen molar-refractivity contribution < 1.29 is 18.8 Å². The molecule has 2 aromatic rings. The molecule has 0 spiro atoms. The summed E-state index contributed by atoms with van der Waals surface area (Å²) in [5, 5.41) is 2.70. The Morgan fingerprint density at radius 3 is 2.45 bits per heavy atom. The van der Waals surface area contributed by atoms with Gasteiger partial charge in [0.25, 0.3) is 0 Å². The Labute approximate surface area is 187 Å². The smallest absolute Gasteiger partial charge is 0.407 e. The van der Waals surface area contributed by atoms with E-state index in [1.807, 2.05) is 57.2 Å². The summed E-state index contributed by atoms with van der Waals surface area (Å²) in [4.78, 5) is 19.3. The molecule has 0 aliphatic carbocycles. The summed E-state index contributed by atoms with van der Waals surface area (Å²) in [5.74, 6) is 0.625. The SMILES string of the molecule is CC(C)(C)OC(=O)NCc1ccc(-c2ccc([S+]([O-])CCN3CCOCC3)cc2)cn1. The zero-order valence-corrected chi connectivity index (χ0v) is 19.2. The first-order valence-corrected chi connectivity index (χ1v) is 11.8. The van der Waals surface area contributed by atoms with Crippen molar-refractivity contribution in [2.45, 2.75) is 37.8 Å². The van der Waals surface area contributed by atoms with Crippen molar-refractivity contribution >= 4 is 17.3 Å². The lowest BCUT2D eigenvalue weighted by atomic mass is 10.1. The van der Waals surface area contributed by atoms with Gasteiger partial charge in [0.2, 0.25) is 0 Å². The van der Waals surface area contributed by atoms with Gasteiger partial charge in [0.05, 0.1) is 25.5 Å². The molecule has 0 saturated carbocycles. The predicted octanol–water partition coefficient (Wildman–Crippen LogP) is 3.21. The number of morpholine rings is 1. The number of amides is 1. The molecule has 1 fully saturated rings. The molecule has 1 aliphatic rings. The van der Waals surface area contributed by atoms with Gasteiger partial charge in [-0.3, -0.25) is 9.88 Å². The van der Waals surface area contributed by atoms with Crippen molar-refractivity contribution in [2.24, 2.45) is 0 Å². The van der Waals surface area contributed by atoms with Crippen LogP contribution >= 0.6 is 0 Å². The lowest BCUT2D eigenvalue weighted by Crippen LogP contribution is -2.39. The van der Waals surface area contributed by atoms with Crippen molar-refractivity contribution in [3.05, 3.63) is 48.3 Å². The quantitative estimate of drug-likeness (QED) is 0.659. The second-order valence-corrected chi connectivity index (χ2v) is 9.99. The zero-order valence-electron chi connectivity index (χ0n) is 18.4. The molecule has 31 heavy (non-hydrogen) atoms. The molecular weight excluding hydrogens is 414 g/mol. The van der Waals surface area contributed by atoms with Gasteiger partial charge in [0, 0.05) is 31.4 Å². The Morgan fingerprint density at radius 1 is 1.16 bits per heavy atom. The number of benzene rings is 1. The molecule has 0 bridgehead atoms. The number of pyridine rings is 1. The summed E-state index contributed by atoms with van der Waals surface area (Å²) in [7, 11) is 0. The third-order valence-electron chi connectivity index (χ3n) is 4.78. The highest BCUT2D eigenvalue weighted by Crippen LogP contribution is 2.21. The van der Waals surface area contributed by atoms with Crippen molar-refractivity contribution in [3.63, 3.8) is 0 Å². The summed E-state index contributed by atoms with van der Waals surface area (Å²) >= 11 is -1.02. The maximum absolute atomic E-state index is 12.6. The van der Waals surface area contributed by atoms with Gasteiger partial charge in [0.1, 0.15) is 11.4 Å². The van der Waals surface area contributed by atoms with Crippen LogP contribution in [0.25, 0.3) is 11.1 Å². The van der Waals surface area contributed by atoms with Crippen LogP contribution in [0, 0.1) is 0 Å². The normalized spacial score (nSPS) is 16.0. The Balaban J connectivity index is 1.50. The molecule has 1 aromatic heterocycles. The number of rotatable bonds is 7. The lowest BCUT2D eigenvalue weighted by Gasteiger charge is -2.26. The molecule has 168 valence electrons. The van der Waals surface area contributed by atoms with Crippen LogP contribution in [-0.4, -0.2) is 64.7 Å². The van der Waals surface area contributed by atoms with Gasteiger partial charge in [-0.15, -0.1) is 0 Å². The van der Waals surface area contributed by atoms with E-state index in [0.29, 0.717) is 12.3 Å². The van der Waals surface area contributed by atoms with Crippen LogP contribution in [0.4, 0.5) is 4.79 Å². The van der Waals surface area contributed by atoms with Gasteiger partial charge in [0.15, 0.2) is 4.90 Å². The molecular formula is C23H31N3O4S. The van der Waals surface area contributed by atoms with E-state index in [1.54, 1.807) is 6.20 Å². The first-order chi connectivity index (χ1) is 14.8. The van der Waals surface area contributed by atoms with Gasteiger partial charge >= 0.3 is 6.09 Å². The summed E-state index contributed by atoms with van der Waals surface area (Å²) in [6, 6.07) is 11.6. The molecule has 1 atom stereocenters. The molecule has 8 heteroatoms. The van der Waals surface area contributed by atoms with Crippen molar-refractivity contribution in [2.75, 3.05) is 38.6 Å². The van der Waals surface area contributed by atoms with E-state index in [-0.39, 0.29) is 0 Å². The highest BCUT2D eigenvalue weighted by molar-refractivity contribution is 7.91. The van der Waals surface area contributed by atoms with Gasteiger partial charge < -0.3 is 19.3 Å². The number of alkyl carbamates (subject to hydrolysis) is 1. The molecule has 1 aromatic carbocycles. The Bertz CT molecular complexity index is 831. The minimum Gasteiger partial charge on any atom is -0.611 e. The lowest BCUT2D eigenvalue weighted by molar-refractivity contribution is 0.0408. The molecule has 2 heterocycles. The summed E-state index contributed by atoms with van der Waals surface area (Å²) in [6.07, 6.45) is 1.31. The first kappa shape index (κ1) is 23.5. The molecule has 7 nitrogen and oxygen atoms in total. The van der Waals surface area contributed by atoms with Gasteiger partial charge in [-0.1, -0.05) is 6.07 Å². The standard InChI is InChI=1S/C23H31N3O4S/c1-23(2,3)30-22(27)25-17-20-7-4-19(16-24-20)18-5-8-21(9-6-18)31(28)15-12-26-10-13-29-14-11-26/h4-9,16H,10-15,17H2,1-3H3,(H,25,27). The predicted molar refractivity (Wildman–Crippen MR) is 121 cm³/mol. The molecule has 1 unspecified atom stereocenters. The van der Waals surface area contributed by atoms with Crippen LogP contribution in [0.2, 0.25) is 0 Å². The third-order valence-corrected chi connectivity index (χ3v) is 6.14. The second kappa shape index (κ2) is 10.9. The largest absolute Gasteiger partial charge is 0.611 e. The fraction of sp³-hybridized carbons (Fsp3) is 0.478. The van der Waals surface area contributed by atoms with Crippen LogP contribution < -0.4 is 5.32 Å². The minimum absolute atomic E-state index is 0.302. The Kier molecular flexibility index (Phi) is 8.31. The van der Waals surface area contributed by atoms with E-state index in [9.17, 15) is 9.35 Å². The molecule has 1 amide bonds. The van der Waals surface area contributed by atoms with Gasteiger partial charge in [-0.2, -0.15) is 0 Å². The van der Waals surface area contributed by atoms with Crippen LogP contribution in [0.5, 0.6) is 0 Å². The number of aromatic nitrogens is 1. The average molecular weight is 446 g/mol. The van der Waals surface area contributed by atoms with Crippen LogP contribution in [0.15, 0.2) is 47.5 Å². The summed E-state index contributed by atoms with van der Waals surface area (Å²) in [6.45, 7) is 9.92. The highest BCUT2D eigenvalue weighted by atomic mass is 32.2. The molecule has 0 radical (unpaired) electrons. The van der Waals surface area contributed by atoms with E-state index in [2.05, 4.69) is 15.2 Å². The molecule has 1 saturated heterocycles. The number of carbonyl (C=O) groups excluding carboxylic acids is 1. The van der Waals surface area contributed by atoms with Crippen LogP contribution in [-0.2, 0) is 27.2 Å². The number of hydrogen-bond acceptors (Lipinski definition) is 6. The fourth-order valence-corrected chi connectivity index (χ4v) is 4.23. The summed E-state index contributed by atoms with van der Waals surface area (Å²) in [5.41, 5.74) is 2.19. The van der Waals surface area contributed by atoms with Crippen LogP contribution in [0.3, 0.4) is 0 Å². The van der Waals surface area contributed by atoms with E-state index in [4.69, 9.17) is 9.47 Å². The third kappa shape index (κ3) is 7.81. The molecule has 3 rings (SSSR count). The zero-order chi connectivity index (χ0) is 22.3. The Hall–Kier alpha value is -2.13. The van der Waals surface area contributed by atoms with Gasteiger partial charge in [-0.05, 0) is 67.8 Å². The highest BCUT2D eigenvalue weighted by Gasteiger charge is 2.17. The monoisotopic (exact) mass is 445 g/mol. The average Bonchev–Trinajstić information content (AvgIpc) is 2.76. The topological polar surface area (TPSA) is 86.8 Å². The van der Waals surface area contributed by atoms with Crippen molar-refractivity contribution in [3.8, 4) is 11.1 Å². The van der Waals surface area contributed by atoms with Crippen LogP contribution in [0.1, 0.15) is 26.5 Å². The summed E-state index contributed by atoms with van der Waals surface area (Å²) < 4.78 is 23.2. The van der Waals surface area contributed by atoms with E-state index >= 15 is 0 Å². The maximum Gasteiger partial charge on any atom is 0.407 e. The van der Waals surface area contributed by atoms with E-state index in [1.165, 1.54) is 0 Å². The van der Waals surface area contributed by atoms with E-state index < -0.39 is 22.9 Å². The van der Waals surface area contributed by atoms with Crippen molar-refractivity contribution in [1.29, 1.82) is 0 Å². The number of carbonyl (C=O) groups is 1. The Morgan fingerprint density at radius 2 is 1.84 bits per heavy atom. The fourth-order valence-electron chi connectivity index (χ4n) is 3.13. The number of hydrogen-bond donors (Lipinski definition) is 1. The molecule has 1 N–H and O–H groups in total.